The van der Waals surface area contributed by atoms with Gasteiger partial charge < -0.3 is 5.32 Å². The summed E-state index contributed by atoms with van der Waals surface area (Å²) in [4.78, 5) is 7.67. The third-order valence-electron chi connectivity index (χ3n) is 3.82. The first kappa shape index (κ1) is 10.7. The summed E-state index contributed by atoms with van der Waals surface area (Å²) in [5.74, 6) is 6.06. The summed E-state index contributed by atoms with van der Waals surface area (Å²) in [5, 5.41) is 3.09. The molecule has 2 fully saturated rings. The van der Waals surface area contributed by atoms with Crippen LogP contribution in [-0.2, 0) is 0 Å². The van der Waals surface area contributed by atoms with E-state index < -0.39 is 5.82 Å². The zero-order chi connectivity index (χ0) is 11.9. The number of anilines is 2. The van der Waals surface area contributed by atoms with E-state index in [9.17, 15) is 4.39 Å². The molecule has 1 aromatic heterocycles. The van der Waals surface area contributed by atoms with Crippen molar-refractivity contribution < 1.29 is 4.39 Å². The maximum absolute atomic E-state index is 13.5. The zero-order valence-electron chi connectivity index (χ0n) is 9.54. The first-order valence-electron chi connectivity index (χ1n) is 5.96. The van der Waals surface area contributed by atoms with Gasteiger partial charge in [0.05, 0.1) is 6.20 Å². The molecule has 0 bridgehead atoms. The van der Waals surface area contributed by atoms with Gasteiger partial charge in [0.2, 0.25) is 5.95 Å². The molecule has 2 aliphatic carbocycles. The number of halogens is 1. The maximum Gasteiger partial charge on any atom is 0.239 e. The Labute approximate surface area is 99.0 Å². The van der Waals surface area contributed by atoms with E-state index in [4.69, 9.17) is 5.84 Å². The summed E-state index contributed by atoms with van der Waals surface area (Å²) < 4.78 is 13.5. The smallest absolute Gasteiger partial charge is 0.239 e. The lowest BCUT2D eigenvalue weighted by molar-refractivity contribution is 0.464. The Morgan fingerprint density at radius 1 is 1.47 bits per heavy atom. The molecule has 0 aliphatic heterocycles. The van der Waals surface area contributed by atoms with E-state index in [1.54, 1.807) is 0 Å². The highest BCUT2D eigenvalue weighted by Gasteiger charge is 2.53. The van der Waals surface area contributed by atoms with Crippen molar-refractivity contribution in [3.05, 3.63) is 12.0 Å². The van der Waals surface area contributed by atoms with Crippen LogP contribution in [0, 0.1) is 17.2 Å². The molecule has 0 atom stereocenters. The highest BCUT2D eigenvalue weighted by Crippen LogP contribution is 2.61. The van der Waals surface area contributed by atoms with Gasteiger partial charge in [0.25, 0.3) is 0 Å². The van der Waals surface area contributed by atoms with Crippen molar-refractivity contribution >= 4 is 11.8 Å². The van der Waals surface area contributed by atoms with Crippen molar-refractivity contribution in [2.24, 2.45) is 17.2 Å². The molecule has 3 rings (SSSR count). The summed E-state index contributed by atoms with van der Waals surface area (Å²) in [6.45, 7) is 0.801. The Morgan fingerprint density at radius 3 is 2.82 bits per heavy atom. The first-order valence-corrected chi connectivity index (χ1v) is 5.96. The van der Waals surface area contributed by atoms with Crippen LogP contribution in [0.15, 0.2) is 6.20 Å². The van der Waals surface area contributed by atoms with Gasteiger partial charge >= 0.3 is 0 Å². The predicted octanol–water partition coefficient (Wildman–Crippen LogP) is 1.50. The normalized spacial score (nSPS) is 21.1. The highest BCUT2D eigenvalue weighted by molar-refractivity contribution is 5.41. The Hall–Kier alpha value is -1.43. The predicted molar refractivity (Wildman–Crippen MR) is 62.7 cm³/mol. The van der Waals surface area contributed by atoms with Gasteiger partial charge in [0, 0.05) is 6.54 Å². The van der Waals surface area contributed by atoms with Crippen LogP contribution >= 0.6 is 0 Å². The number of nitrogens with two attached hydrogens (primary N) is 1. The summed E-state index contributed by atoms with van der Waals surface area (Å²) in [5.41, 5.74) is 2.72. The fourth-order valence-electron chi connectivity index (χ4n) is 2.41. The molecule has 2 aliphatic rings. The molecular formula is C11H16FN5. The molecule has 1 aromatic rings. The number of hydrogen-bond donors (Lipinski definition) is 3. The number of rotatable bonds is 5. The van der Waals surface area contributed by atoms with E-state index in [1.807, 2.05) is 0 Å². The van der Waals surface area contributed by atoms with Crippen molar-refractivity contribution in [2.45, 2.75) is 25.7 Å². The Bertz CT molecular complexity index is 428. The van der Waals surface area contributed by atoms with Crippen LogP contribution in [0.2, 0.25) is 0 Å². The largest absolute Gasteiger partial charge is 0.367 e. The molecule has 0 radical (unpaired) electrons. The SMILES string of the molecule is NNc1ncc(F)c(NCC2(C3CC3)CC2)n1. The van der Waals surface area contributed by atoms with Crippen LogP contribution in [0.25, 0.3) is 0 Å². The number of nitrogens with one attached hydrogen (secondary N) is 2. The zero-order valence-corrected chi connectivity index (χ0v) is 9.54. The number of hydrazine groups is 1. The highest BCUT2D eigenvalue weighted by atomic mass is 19.1. The third kappa shape index (κ3) is 2.04. The van der Waals surface area contributed by atoms with Gasteiger partial charge in [-0.15, -0.1) is 0 Å². The molecule has 17 heavy (non-hydrogen) atoms. The summed E-state index contributed by atoms with van der Waals surface area (Å²) in [7, 11) is 0. The van der Waals surface area contributed by atoms with Gasteiger partial charge in [-0.05, 0) is 37.0 Å². The number of hydrogen-bond acceptors (Lipinski definition) is 5. The van der Waals surface area contributed by atoms with Gasteiger partial charge in [-0.3, -0.25) is 5.43 Å². The van der Waals surface area contributed by atoms with Crippen molar-refractivity contribution in [3.63, 3.8) is 0 Å². The third-order valence-corrected chi connectivity index (χ3v) is 3.82. The molecule has 0 saturated heterocycles. The van der Waals surface area contributed by atoms with E-state index in [2.05, 4.69) is 20.7 Å². The topological polar surface area (TPSA) is 75.9 Å². The summed E-state index contributed by atoms with van der Waals surface area (Å²) in [6.07, 6.45) is 6.27. The second kappa shape index (κ2) is 3.80. The average Bonchev–Trinajstić information content (AvgIpc) is 3.19. The van der Waals surface area contributed by atoms with Gasteiger partial charge in [0.15, 0.2) is 11.6 Å². The molecule has 0 spiro atoms. The molecular weight excluding hydrogens is 221 g/mol. The first-order chi connectivity index (χ1) is 8.23. The van der Waals surface area contributed by atoms with Gasteiger partial charge in [-0.25, -0.2) is 15.2 Å². The second-order valence-corrected chi connectivity index (χ2v) is 5.02. The molecule has 0 unspecified atom stereocenters. The second-order valence-electron chi connectivity index (χ2n) is 5.02. The Kier molecular flexibility index (Phi) is 2.39. The molecule has 6 heteroatoms. The standard InChI is InChI=1S/C11H16FN5/c12-8-5-14-10(17-13)16-9(8)15-6-11(3-4-11)7-1-2-7/h5,7H,1-4,6,13H2,(H2,14,15,16,17). The van der Waals surface area contributed by atoms with E-state index in [0.29, 0.717) is 5.41 Å². The Balaban J connectivity index is 1.68. The quantitative estimate of drug-likeness (QED) is 0.534. The lowest BCUT2D eigenvalue weighted by Gasteiger charge is -2.15. The lowest BCUT2D eigenvalue weighted by Crippen LogP contribution is -2.20. The fourth-order valence-corrected chi connectivity index (χ4v) is 2.41. The minimum atomic E-state index is -0.435. The van der Waals surface area contributed by atoms with E-state index in [-0.39, 0.29) is 11.8 Å². The minimum absolute atomic E-state index is 0.227. The van der Waals surface area contributed by atoms with E-state index >= 15 is 0 Å². The average molecular weight is 237 g/mol. The molecule has 4 N–H and O–H groups in total. The number of aromatic nitrogens is 2. The van der Waals surface area contributed by atoms with E-state index in [1.165, 1.54) is 25.7 Å². The molecule has 0 aromatic carbocycles. The molecule has 2 saturated carbocycles. The lowest BCUT2D eigenvalue weighted by atomic mass is 10.0. The van der Waals surface area contributed by atoms with Crippen LogP contribution in [0.5, 0.6) is 0 Å². The van der Waals surface area contributed by atoms with Crippen molar-refractivity contribution in [1.82, 2.24) is 9.97 Å². The molecule has 5 nitrogen and oxygen atoms in total. The monoisotopic (exact) mass is 237 g/mol. The Morgan fingerprint density at radius 2 is 2.24 bits per heavy atom. The van der Waals surface area contributed by atoms with Crippen LogP contribution in [-0.4, -0.2) is 16.5 Å². The number of nitrogen functional groups attached to an aromatic ring is 1. The van der Waals surface area contributed by atoms with Gasteiger partial charge in [0.1, 0.15) is 0 Å². The van der Waals surface area contributed by atoms with Crippen molar-refractivity contribution in [2.75, 3.05) is 17.3 Å². The van der Waals surface area contributed by atoms with Crippen molar-refractivity contribution in [1.29, 1.82) is 0 Å². The van der Waals surface area contributed by atoms with Crippen LogP contribution in [0.3, 0.4) is 0 Å². The van der Waals surface area contributed by atoms with Crippen LogP contribution < -0.4 is 16.6 Å². The molecule has 1 heterocycles. The molecule has 92 valence electrons. The van der Waals surface area contributed by atoms with Gasteiger partial charge in [-0.1, -0.05) is 0 Å². The van der Waals surface area contributed by atoms with Crippen molar-refractivity contribution in [3.8, 4) is 0 Å². The fraction of sp³-hybridized carbons (Fsp3) is 0.636. The summed E-state index contributed by atoms with van der Waals surface area (Å²) >= 11 is 0. The maximum atomic E-state index is 13.5. The summed E-state index contributed by atoms with van der Waals surface area (Å²) in [6, 6.07) is 0. The van der Waals surface area contributed by atoms with Gasteiger partial charge in [-0.2, -0.15) is 4.98 Å². The molecule has 0 amide bonds. The van der Waals surface area contributed by atoms with Crippen LogP contribution in [0.4, 0.5) is 16.2 Å². The van der Waals surface area contributed by atoms with E-state index in [0.717, 1.165) is 18.7 Å². The van der Waals surface area contributed by atoms with Crippen LogP contribution in [0.1, 0.15) is 25.7 Å². The minimum Gasteiger partial charge on any atom is -0.367 e. The number of nitrogens with zero attached hydrogens (tertiary/aromatic N) is 2.